The van der Waals surface area contributed by atoms with Crippen molar-refractivity contribution in [2.24, 2.45) is 0 Å². The molecule has 0 amide bonds. The van der Waals surface area contributed by atoms with Gasteiger partial charge in [0.15, 0.2) is 5.75 Å². The highest BCUT2D eigenvalue weighted by Crippen LogP contribution is 2.33. The Kier molecular flexibility index (Phi) is 4.93. The third kappa shape index (κ3) is 3.59. The first-order valence-electron chi connectivity index (χ1n) is 5.68. The van der Waals surface area contributed by atoms with Crippen molar-refractivity contribution in [3.63, 3.8) is 0 Å². The summed E-state index contributed by atoms with van der Waals surface area (Å²) in [5.41, 5.74) is -0.0141. The van der Waals surface area contributed by atoms with E-state index in [1.165, 1.54) is 24.3 Å². The molecule has 110 valence electrons. The second-order valence-corrected chi connectivity index (χ2v) is 5.32. The van der Waals surface area contributed by atoms with Crippen LogP contribution in [0.1, 0.15) is 15.9 Å². The molecule has 0 aliphatic rings. The van der Waals surface area contributed by atoms with Crippen LogP contribution in [0.4, 0.5) is 4.39 Å². The number of hydrogen-bond donors (Lipinski definition) is 1. The van der Waals surface area contributed by atoms with Crippen LogP contribution in [-0.4, -0.2) is 11.1 Å². The van der Waals surface area contributed by atoms with Gasteiger partial charge in [0, 0.05) is 10.6 Å². The molecule has 3 nitrogen and oxygen atoms in total. The summed E-state index contributed by atoms with van der Waals surface area (Å²) < 4.78 is 19.1. The van der Waals surface area contributed by atoms with E-state index in [9.17, 15) is 9.18 Å². The maximum Gasteiger partial charge on any atom is 0.339 e. The van der Waals surface area contributed by atoms with Crippen molar-refractivity contribution in [3.05, 3.63) is 62.3 Å². The van der Waals surface area contributed by atoms with Crippen molar-refractivity contribution in [1.29, 1.82) is 0 Å². The van der Waals surface area contributed by atoms with Crippen molar-refractivity contribution in [3.8, 4) is 5.75 Å². The predicted molar refractivity (Wildman–Crippen MR) is 79.2 cm³/mol. The molecule has 2 aromatic carbocycles. The number of carboxylic acid groups (broad SMARTS) is 1. The lowest BCUT2D eigenvalue weighted by atomic mass is 10.2. The fourth-order valence-electron chi connectivity index (χ4n) is 1.68. The van der Waals surface area contributed by atoms with Gasteiger partial charge in [-0.05, 0) is 18.2 Å². The Morgan fingerprint density at radius 2 is 1.90 bits per heavy atom. The Labute approximate surface area is 134 Å². The van der Waals surface area contributed by atoms with Gasteiger partial charge in [0.25, 0.3) is 0 Å². The fourth-order valence-corrected chi connectivity index (χ4v) is 2.42. The molecule has 0 heterocycles. The molecule has 0 aliphatic heterocycles. The number of hydrogen-bond acceptors (Lipinski definition) is 2. The predicted octanol–water partition coefficient (Wildman–Crippen LogP) is 5.06. The molecule has 0 saturated heterocycles. The lowest BCUT2D eigenvalue weighted by Crippen LogP contribution is -2.05. The zero-order chi connectivity index (χ0) is 15.6. The quantitative estimate of drug-likeness (QED) is 0.839. The molecule has 0 radical (unpaired) electrons. The second-order valence-electron chi connectivity index (χ2n) is 4.07. The molecular weight excluding hydrogens is 342 g/mol. The summed E-state index contributed by atoms with van der Waals surface area (Å²) in [6.45, 7) is -0.214. The molecule has 0 atom stereocenters. The van der Waals surface area contributed by atoms with E-state index in [2.05, 4.69) is 0 Å². The molecule has 0 saturated carbocycles. The summed E-state index contributed by atoms with van der Waals surface area (Å²) in [5.74, 6) is -1.95. The van der Waals surface area contributed by atoms with E-state index >= 15 is 0 Å². The van der Waals surface area contributed by atoms with Gasteiger partial charge in [-0.15, -0.1) is 0 Å². The van der Waals surface area contributed by atoms with E-state index in [-0.39, 0.29) is 38.6 Å². The van der Waals surface area contributed by atoms with Crippen molar-refractivity contribution < 1.29 is 19.0 Å². The minimum atomic E-state index is -1.25. The molecule has 21 heavy (non-hydrogen) atoms. The van der Waals surface area contributed by atoms with Crippen LogP contribution < -0.4 is 4.74 Å². The van der Waals surface area contributed by atoms with Gasteiger partial charge in [0.05, 0.1) is 10.0 Å². The van der Waals surface area contributed by atoms with Crippen molar-refractivity contribution in [2.45, 2.75) is 6.61 Å². The molecule has 0 spiro atoms. The van der Waals surface area contributed by atoms with Crippen molar-refractivity contribution in [2.75, 3.05) is 0 Å². The lowest BCUT2D eigenvalue weighted by molar-refractivity contribution is 0.0691. The minimum Gasteiger partial charge on any atom is -0.486 e. The smallest absolute Gasteiger partial charge is 0.339 e. The third-order valence-corrected chi connectivity index (χ3v) is 3.43. The Morgan fingerprint density at radius 3 is 2.57 bits per heavy atom. The van der Waals surface area contributed by atoms with Crippen LogP contribution >= 0.6 is 34.8 Å². The SMILES string of the molecule is O=C(O)c1cc(Cl)cc(Cl)c1OCc1cccc(Cl)c1F. The lowest BCUT2D eigenvalue weighted by Gasteiger charge is -2.12. The van der Waals surface area contributed by atoms with E-state index < -0.39 is 11.8 Å². The monoisotopic (exact) mass is 348 g/mol. The van der Waals surface area contributed by atoms with Gasteiger partial charge in [0.1, 0.15) is 18.0 Å². The van der Waals surface area contributed by atoms with Crippen LogP contribution in [0, 0.1) is 5.82 Å². The molecule has 0 aromatic heterocycles. The summed E-state index contributed by atoms with van der Waals surface area (Å²) in [4.78, 5) is 11.2. The van der Waals surface area contributed by atoms with Gasteiger partial charge in [-0.2, -0.15) is 0 Å². The first-order chi connectivity index (χ1) is 9.90. The molecule has 0 bridgehead atoms. The minimum absolute atomic E-state index is 0.0299. The largest absolute Gasteiger partial charge is 0.486 e. The number of ether oxygens (including phenoxy) is 1. The topological polar surface area (TPSA) is 46.5 Å². The van der Waals surface area contributed by atoms with Gasteiger partial charge in [-0.1, -0.05) is 46.9 Å². The van der Waals surface area contributed by atoms with Crippen molar-refractivity contribution >= 4 is 40.8 Å². The first kappa shape index (κ1) is 15.9. The van der Waals surface area contributed by atoms with E-state index in [0.29, 0.717) is 0 Å². The summed E-state index contributed by atoms with van der Waals surface area (Å²) in [7, 11) is 0. The number of carboxylic acids is 1. The van der Waals surface area contributed by atoms with Crippen LogP contribution in [0.3, 0.4) is 0 Å². The molecule has 0 fully saturated rings. The molecule has 2 aromatic rings. The Bertz CT molecular complexity index is 704. The maximum atomic E-state index is 13.7. The van der Waals surface area contributed by atoms with Crippen LogP contribution in [-0.2, 0) is 6.61 Å². The fraction of sp³-hybridized carbons (Fsp3) is 0.0714. The average molecular weight is 350 g/mol. The molecule has 1 N–H and O–H groups in total. The van der Waals surface area contributed by atoms with Gasteiger partial charge >= 0.3 is 5.97 Å². The van der Waals surface area contributed by atoms with Gasteiger partial charge < -0.3 is 9.84 Å². The number of halogens is 4. The zero-order valence-corrected chi connectivity index (χ0v) is 12.6. The van der Waals surface area contributed by atoms with Gasteiger partial charge in [0.2, 0.25) is 0 Å². The van der Waals surface area contributed by atoms with Crippen LogP contribution in [0.5, 0.6) is 5.75 Å². The first-order valence-corrected chi connectivity index (χ1v) is 6.81. The Hall–Kier alpha value is -1.49. The van der Waals surface area contributed by atoms with Gasteiger partial charge in [-0.25, -0.2) is 9.18 Å². The number of carbonyl (C=O) groups is 1. The van der Waals surface area contributed by atoms with E-state index in [4.69, 9.17) is 44.6 Å². The highest BCUT2D eigenvalue weighted by atomic mass is 35.5. The number of aromatic carboxylic acids is 1. The van der Waals surface area contributed by atoms with Crippen LogP contribution in [0.2, 0.25) is 15.1 Å². The molecule has 0 aliphatic carbocycles. The summed E-state index contributed by atoms with van der Waals surface area (Å²) >= 11 is 17.3. The molecular formula is C14H8Cl3FO3. The van der Waals surface area contributed by atoms with E-state index in [1.54, 1.807) is 6.07 Å². The number of benzene rings is 2. The summed E-state index contributed by atoms with van der Waals surface area (Å²) in [6.07, 6.45) is 0. The van der Waals surface area contributed by atoms with Crippen molar-refractivity contribution in [1.82, 2.24) is 0 Å². The molecule has 2 rings (SSSR count). The van der Waals surface area contributed by atoms with Crippen LogP contribution in [0.15, 0.2) is 30.3 Å². The molecule has 0 unspecified atom stereocenters. The van der Waals surface area contributed by atoms with Gasteiger partial charge in [-0.3, -0.25) is 0 Å². The van der Waals surface area contributed by atoms with E-state index in [1.807, 2.05) is 0 Å². The third-order valence-electron chi connectivity index (χ3n) is 2.64. The zero-order valence-electron chi connectivity index (χ0n) is 10.4. The Morgan fingerprint density at radius 1 is 1.19 bits per heavy atom. The normalized spacial score (nSPS) is 10.5. The average Bonchev–Trinajstić information content (AvgIpc) is 2.41. The summed E-state index contributed by atoms with van der Waals surface area (Å²) in [6, 6.07) is 6.99. The summed E-state index contributed by atoms with van der Waals surface area (Å²) in [5, 5.41) is 9.27. The Balaban J connectivity index is 2.32. The van der Waals surface area contributed by atoms with Crippen LogP contribution in [0.25, 0.3) is 0 Å². The molecule has 7 heteroatoms. The second kappa shape index (κ2) is 6.52. The highest BCUT2D eigenvalue weighted by Gasteiger charge is 2.17. The van der Waals surface area contributed by atoms with E-state index in [0.717, 1.165) is 0 Å². The number of rotatable bonds is 4. The maximum absolute atomic E-state index is 13.7. The highest BCUT2D eigenvalue weighted by molar-refractivity contribution is 6.36. The standard InChI is InChI=1S/C14H8Cl3FO3/c15-8-4-9(14(19)20)13(11(17)5-8)21-6-7-2-1-3-10(16)12(7)18/h1-5H,6H2,(H,19,20).